The van der Waals surface area contributed by atoms with Gasteiger partial charge in [-0.25, -0.2) is 14.2 Å². The normalized spacial score (nSPS) is 16.0. The zero-order valence-corrected chi connectivity index (χ0v) is 12.0. The number of carbonyl (C=O) groups excluding carboxylic acids is 1. The summed E-state index contributed by atoms with van der Waals surface area (Å²) < 4.78 is 14.6. The maximum absolute atomic E-state index is 14.6. The first kappa shape index (κ1) is 14.5. The molecule has 3 rings (SSSR count). The van der Waals surface area contributed by atoms with Crippen LogP contribution in [-0.2, 0) is 12.2 Å². The Morgan fingerprint density at radius 1 is 1.09 bits per heavy atom. The Morgan fingerprint density at radius 2 is 1.64 bits per heavy atom. The van der Waals surface area contributed by atoms with Crippen LogP contribution in [0.5, 0.6) is 0 Å². The standard InChI is InChI=1S/C17H17FN2O2/c18-17(15-9-5-2-6-10-15)12-19(13-17)16(21)20(22)11-14-7-3-1-4-8-14/h1-10,22H,11-13H2. The number of rotatable bonds is 3. The summed E-state index contributed by atoms with van der Waals surface area (Å²) >= 11 is 0. The van der Waals surface area contributed by atoms with Gasteiger partial charge in [-0.15, -0.1) is 0 Å². The molecule has 1 aliphatic rings. The second-order valence-corrected chi connectivity index (χ2v) is 5.51. The lowest BCUT2D eigenvalue weighted by Crippen LogP contribution is -2.61. The van der Waals surface area contributed by atoms with Crippen LogP contribution >= 0.6 is 0 Å². The number of hydrogen-bond acceptors (Lipinski definition) is 2. The molecule has 0 aliphatic carbocycles. The van der Waals surface area contributed by atoms with Crippen molar-refractivity contribution in [1.29, 1.82) is 0 Å². The van der Waals surface area contributed by atoms with Gasteiger partial charge in [0.25, 0.3) is 0 Å². The number of halogens is 1. The van der Waals surface area contributed by atoms with Crippen LogP contribution in [0.4, 0.5) is 9.18 Å². The van der Waals surface area contributed by atoms with E-state index >= 15 is 0 Å². The van der Waals surface area contributed by atoms with E-state index < -0.39 is 11.7 Å². The molecule has 2 aromatic rings. The van der Waals surface area contributed by atoms with Crippen LogP contribution in [0, 0.1) is 0 Å². The Labute approximate surface area is 128 Å². The first-order chi connectivity index (χ1) is 10.6. The molecular formula is C17H17FN2O2. The summed E-state index contributed by atoms with van der Waals surface area (Å²) in [4.78, 5) is 13.4. The highest BCUT2D eigenvalue weighted by Gasteiger charge is 2.48. The van der Waals surface area contributed by atoms with E-state index in [0.717, 1.165) is 5.56 Å². The predicted molar refractivity (Wildman–Crippen MR) is 80.0 cm³/mol. The van der Waals surface area contributed by atoms with Crippen molar-refractivity contribution in [3.05, 3.63) is 71.8 Å². The minimum Gasteiger partial charge on any atom is -0.316 e. The molecule has 22 heavy (non-hydrogen) atoms. The van der Waals surface area contributed by atoms with Crippen molar-refractivity contribution < 1.29 is 14.4 Å². The van der Waals surface area contributed by atoms with Crippen LogP contribution in [0.3, 0.4) is 0 Å². The van der Waals surface area contributed by atoms with Crippen molar-refractivity contribution in [3.63, 3.8) is 0 Å². The Morgan fingerprint density at radius 3 is 2.23 bits per heavy atom. The molecule has 1 fully saturated rings. The maximum atomic E-state index is 14.6. The number of benzene rings is 2. The largest absolute Gasteiger partial charge is 0.344 e. The molecule has 2 amide bonds. The summed E-state index contributed by atoms with van der Waals surface area (Å²) in [5.74, 6) is 0. The fourth-order valence-corrected chi connectivity index (χ4v) is 2.60. The third-order valence-electron chi connectivity index (χ3n) is 3.84. The SMILES string of the molecule is O=C(N(O)Cc1ccccc1)N1CC(F)(c2ccccc2)C1. The second kappa shape index (κ2) is 5.77. The average Bonchev–Trinajstić information content (AvgIpc) is 2.53. The molecule has 0 bridgehead atoms. The minimum absolute atomic E-state index is 0.0400. The number of hydrogen-bond donors (Lipinski definition) is 1. The number of nitrogens with zero attached hydrogens (tertiary/aromatic N) is 2. The molecule has 0 unspecified atom stereocenters. The van der Waals surface area contributed by atoms with Crippen molar-refractivity contribution in [1.82, 2.24) is 9.96 Å². The van der Waals surface area contributed by atoms with E-state index in [1.165, 1.54) is 4.90 Å². The second-order valence-electron chi connectivity index (χ2n) is 5.51. The molecule has 1 heterocycles. The number of amides is 2. The molecule has 0 radical (unpaired) electrons. The lowest BCUT2D eigenvalue weighted by molar-refractivity contribution is -0.0933. The number of hydroxylamine groups is 2. The molecule has 2 aromatic carbocycles. The lowest BCUT2D eigenvalue weighted by atomic mass is 9.88. The Balaban J connectivity index is 1.59. The summed E-state index contributed by atoms with van der Waals surface area (Å²) in [6, 6.07) is 17.4. The number of likely N-dealkylation sites (tertiary alicyclic amines) is 1. The summed E-state index contributed by atoms with van der Waals surface area (Å²) in [5.41, 5.74) is -0.148. The van der Waals surface area contributed by atoms with Crippen molar-refractivity contribution in [2.24, 2.45) is 0 Å². The monoisotopic (exact) mass is 300 g/mol. The molecule has 0 saturated carbocycles. The van der Waals surface area contributed by atoms with Gasteiger partial charge in [-0.05, 0) is 11.1 Å². The van der Waals surface area contributed by atoms with Gasteiger partial charge < -0.3 is 4.90 Å². The quantitative estimate of drug-likeness (QED) is 0.699. The van der Waals surface area contributed by atoms with Gasteiger partial charge in [0.15, 0.2) is 5.67 Å². The predicted octanol–water partition coefficient (Wildman–Crippen LogP) is 3.18. The molecule has 1 N–H and O–H groups in total. The van der Waals surface area contributed by atoms with Crippen LogP contribution in [0.1, 0.15) is 11.1 Å². The van der Waals surface area contributed by atoms with Gasteiger partial charge in [0.1, 0.15) is 0 Å². The molecule has 1 saturated heterocycles. The van der Waals surface area contributed by atoms with E-state index in [1.54, 1.807) is 24.3 Å². The Bertz CT molecular complexity index is 642. The van der Waals surface area contributed by atoms with Gasteiger partial charge >= 0.3 is 6.03 Å². The van der Waals surface area contributed by atoms with E-state index in [-0.39, 0.29) is 19.6 Å². The number of carbonyl (C=O) groups is 1. The third-order valence-corrected chi connectivity index (χ3v) is 3.84. The smallest absolute Gasteiger partial charge is 0.316 e. The summed E-state index contributed by atoms with van der Waals surface area (Å²) in [6.07, 6.45) is 0. The fraction of sp³-hybridized carbons (Fsp3) is 0.235. The van der Waals surface area contributed by atoms with Gasteiger partial charge in [-0.1, -0.05) is 60.7 Å². The molecular weight excluding hydrogens is 283 g/mol. The minimum atomic E-state index is -1.52. The van der Waals surface area contributed by atoms with Crippen LogP contribution in [0.15, 0.2) is 60.7 Å². The third kappa shape index (κ3) is 2.80. The first-order valence-corrected chi connectivity index (χ1v) is 7.12. The highest BCUT2D eigenvalue weighted by molar-refractivity contribution is 5.74. The topological polar surface area (TPSA) is 43.8 Å². The molecule has 1 aliphatic heterocycles. The van der Waals surface area contributed by atoms with Crippen molar-refractivity contribution in [2.45, 2.75) is 12.2 Å². The summed E-state index contributed by atoms with van der Waals surface area (Å²) in [6.45, 7) is 0.00416. The van der Waals surface area contributed by atoms with E-state index in [4.69, 9.17) is 0 Å². The van der Waals surface area contributed by atoms with Crippen LogP contribution in [-0.4, -0.2) is 34.3 Å². The summed E-state index contributed by atoms with van der Waals surface area (Å²) in [5, 5.41) is 10.5. The van der Waals surface area contributed by atoms with E-state index in [2.05, 4.69) is 0 Å². The van der Waals surface area contributed by atoms with Crippen LogP contribution in [0.2, 0.25) is 0 Å². The van der Waals surface area contributed by atoms with E-state index in [1.807, 2.05) is 36.4 Å². The first-order valence-electron chi connectivity index (χ1n) is 7.12. The molecule has 114 valence electrons. The highest BCUT2D eigenvalue weighted by Crippen LogP contribution is 2.36. The van der Waals surface area contributed by atoms with Crippen molar-refractivity contribution in [2.75, 3.05) is 13.1 Å². The van der Waals surface area contributed by atoms with Crippen LogP contribution in [0.25, 0.3) is 0 Å². The molecule has 4 nitrogen and oxygen atoms in total. The average molecular weight is 300 g/mol. The number of urea groups is 1. The van der Waals surface area contributed by atoms with Gasteiger partial charge in [0.2, 0.25) is 0 Å². The maximum Gasteiger partial charge on any atom is 0.344 e. The van der Waals surface area contributed by atoms with E-state index in [9.17, 15) is 14.4 Å². The Kier molecular flexibility index (Phi) is 3.81. The molecule has 0 aromatic heterocycles. The van der Waals surface area contributed by atoms with Gasteiger partial charge in [0, 0.05) is 0 Å². The van der Waals surface area contributed by atoms with Gasteiger partial charge in [-0.3, -0.25) is 5.21 Å². The molecule has 0 atom stereocenters. The zero-order chi connectivity index (χ0) is 15.6. The van der Waals surface area contributed by atoms with Gasteiger partial charge in [-0.2, -0.15) is 0 Å². The lowest BCUT2D eigenvalue weighted by Gasteiger charge is -2.45. The van der Waals surface area contributed by atoms with Crippen LogP contribution < -0.4 is 0 Å². The van der Waals surface area contributed by atoms with Crippen molar-refractivity contribution in [3.8, 4) is 0 Å². The molecule has 0 spiro atoms. The fourth-order valence-electron chi connectivity index (χ4n) is 2.60. The number of alkyl halides is 1. The van der Waals surface area contributed by atoms with Gasteiger partial charge in [0.05, 0.1) is 19.6 Å². The molecule has 5 heteroatoms. The zero-order valence-electron chi connectivity index (χ0n) is 12.0. The highest BCUT2D eigenvalue weighted by atomic mass is 19.1. The summed E-state index contributed by atoms with van der Waals surface area (Å²) in [7, 11) is 0. The Hall–Kier alpha value is -2.40. The van der Waals surface area contributed by atoms with E-state index in [0.29, 0.717) is 10.6 Å². The van der Waals surface area contributed by atoms with Crippen molar-refractivity contribution >= 4 is 6.03 Å².